The standard InChI is InChI=1S/C23H32N4O6/c1-14(2)19(29)13-27(4)21(30)7-5-6-20(24)26-18-11-16(15(3)28)10-17(12-18)23(33)25-9-8-22(31)32/h10-12,14H,5-9,13H2,1-4H3,(H2,24,26)(H,25,33)(H,31,32). The van der Waals surface area contributed by atoms with Crippen LogP contribution in [0.15, 0.2) is 23.2 Å². The van der Waals surface area contributed by atoms with Gasteiger partial charge in [0, 0.05) is 43.5 Å². The van der Waals surface area contributed by atoms with Gasteiger partial charge in [0.1, 0.15) is 0 Å². The van der Waals surface area contributed by atoms with Crippen LogP contribution in [-0.2, 0) is 14.4 Å². The molecule has 10 nitrogen and oxygen atoms in total. The van der Waals surface area contributed by atoms with Crippen LogP contribution in [0.25, 0.3) is 0 Å². The van der Waals surface area contributed by atoms with Crippen LogP contribution >= 0.6 is 0 Å². The van der Waals surface area contributed by atoms with Crippen molar-refractivity contribution in [3.63, 3.8) is 0 Å². The minimum atomic E-state index is -1.04. The minimum Gasteiger partial charge on any atom is -0.481 e. The molecule has 0 atom stereocenters. The average Bonchev–Trinajstić information content (AvgIpc) is 2.72. The molecule has 0 unspecified atom stereocenters. The molecule has 1 aromatic rings. The van der Waals surface area contributed by atoms with Crippen LogP contribution in [0, 0.1) is 5.92 Å². The number of aliphatic carboxylic acids is 1. The number of rotatable bonds is 13. The number of nitrogens with one attached hydrogen (secondary N) is 1. The molecule has 0 heterocycles. The molecule has 4 N–H and O–H groups in total. The van der Waals surface area contributed by atoms with Crippen molar-refractivity contribution < 1.29 is 29.1 Å². The van der Waals surface area contributed by atoms with Crippen molar-refractivity contribution in [2.45, 2.75) is 46.5 Å². The molecule has 0 aliphatic heterocycles. The third kappa shape index (κ3) is 10.1. The molecule has 0 spiro atoms. The summed E-state index contributed by atoms with van der Waals surface area (Å²) in [6.07, 6.45) is 0.698. The molecular weight excluding hydrogens is 428 g/mol. The summed E-state index contributed by atoms with van der Waals surface area (Å²) < 4.78 is 0. The van der Waals surface area contributed by atoms with Crippen LogP contribution in [0.2, 0.25) is 0 Å². The van der Waals surface area contributed by atoms with Gasteiger partial charge in [0.2, 0.25) is 5.91 Å². The Morgan fingerprint density at radius 2 is 1.70 bits per heavy atom. The molecule has 0 radical (unpaired) electrons. The van der Waals surface area contributed by atoms with Crippen LogP contribution in [0.4, 0.5) is 5.69 Å². The number of carbonyl (C=O) groups is 5. The van der Waals surface area contributed by atoms with Gasteiger partial charge in [-0.1, -0.05) is 13.8 Å². The molecule has 0 aliphatic rings. The van der Waals surface area contributed by atoms with Gasteiger partial charge in [-0.15, -0.1) is 0 Å². The van der Waals surface area contributed by atoms with Gasteiger partial charge in [-0.25, -0.2) is 4.99 Å². The Balaban J connectivity index is 2.80. The first-order valence-corrected chi connectivity index (χ1v) is 10.7. The van der Waals surface area contributed by atoms with Crippen LogP contribution in [-0.4, -0.2) is 65.3 Å². The fraction of sp³-hybridized carbons (Fsp3) is 0.478. The Hall–Kier alpha value is -3.56. The van der Waals surface area contributed by atoms with E-state index in [0.29, 0.717) is 18.5 Å². The maximum Gasteiger partial charge on any atom is 0.305 e. The highest BCUT2D eigenvalue weighted by Crippen LogP contribution is 2.19. The minimum absolute atomic E-state index is 0.0138. The molecule has 10 heteroatoms. The molecule has 0 aromatic heterocycles. The number of ketones is 2. The summed E-state index contributed by atoms with van der Waals surface area (Å²) in [5.74, 6) is -1.94. The number of hydrogen-bond acceptors (Lipinski definition) is 6. The third-order valence-corrected chi connectivity index (χ3v) is 4.77. The van der Waals surface area contributed by atoms with E-state index in [1.807, 2.05) is 0 Å². The zero-order chi connectivity index (χ0) is 25.1. The Morgan fingerprint density at radius 1 is 1.06 bits per heavy atom. The summed E-state index contributed by atoms with van der Waals surface area (Å²) in [6.45, 7) is 4.93. The maximum absolute atomic E-state index is 12.3. The molecule has 0 aliphatic carbocycles. The Kier molecular flexibility index (Phi) is 10.9. The number of amides is 2. The first kappa shape index (κ1) is 27.5. The summed E-state index contributed by atoms with van der Waals surface area (Å²) in [4.78, 5) is 64.4. The number of carboxylic acids is 1. The van der Waals surface area contributed by atoms with Crippen LogP contribution < -0.4 is 11.1 Å². The fourth-order valence-electron chi connectivity index (χ4n) is 2.73. The number of nitrogens with zero attached hydrogens (tertiary/aromatic N) is 2. The van der Waals surface area contributed by atoms with Gasteiger partial charge < -0.3 is 21.1 Å². The summed E-state index contributed by atoms with van der Waals surface area (Å²) in [7, 11) is 1.58. The second-order valence-corrected chi connectivity index (χ2v) is 8.05. The second kappa shape index (κ2) is 13.1. The summed E-state index contributed by atoms with van der Waals surface area (Å²) >= 11 is 0. The molecule has 0 bridgehead atoms. The predicted molar refractivity (Wildman–Crippen MR) is 124 cm³/mol. The number of Topliss-reactive ketones (excluding diaryl/α,β-unsaturated/α-hetero) is 2. The average molecular weight is 461 g/mol. The van der Waals surface area contributed by atoms with E-state index in [1.165, 1.54) is 30.0 Å². The van der Waals surface area contributed by atoms with Gasteiger partial charge in [-0.05, 0) is 31.5 Å². The number of hydrogen-bond donors (Lipinski definition) is 3. The lowest BCUT2D eigenvalue weighted by molar-refractivity contribution is -0.136. The van der Waals surface area contributed by atoms with Gasteiger partial charge in [0.15, 0.2) is 11.6 Å². The highest BCUT2D eigenvalue weighted by Gasteiger charge is 2.15. The van der Waals surface area contributed by atoms with E-state index in [2.05, 4.69) is 10.3 Å². The molecule has 0 saturated heterocycles. The SMILES string of the molecule is CC(=O)c1cc(N=C(N)CCCC(=O)N(C)CC(=O)C(C)C)cc(C(=O)NCCC(=O)O)c1. The van der Waals surface area contributed by atoms with Crippen LogP contribution in [0.3, 0.4) is 0 Å². The van der Waals surface area contributed by atoms with Crippen molar-refractivity contribution in [1.82, 2.24) is 10.2 Å². The summed E-state index contributed by atoms with van der Waals surface area (Å²) in [6, 6.07) is 4.35. The number of carbonyl (C=O) groups excluding carboxylic acids is 4. The zero-order valence-electron chi connectivity index (χ0n) is 19.5. The quantitative estimate of drug-likeness (QED) is 0.230. The normalized spacial score (nSPS) is 11.2. The van der Waals surface area contributed by atoms with Gasteiger partial charge in [0.05, 0.1) is 24.5 Å². The molecule has 1 rings (SSSR count). The van der Waals surface area contributed by atoms with E-state index in [1.54, 1.807) is 20.9 Å². The molecule has 0 fully saturated rings. The van der Waals surface area contributed by atoms with Crippen molar-refractivity contribution in [3.8, 4) is 0 Å². The third-order valence-electron chi connectivity index (χ3n) is 4.77. The molecule has 0 saturated carbocycles. The Bertz CT molecular complexity index is 939. The molecule has 1 aromatic carbocycles. The van der Waals surface area contributed by atoms with Crippen molar-refractivity contribution in [2.75, 3.05) is 20.1 Å². The molecule has 180 valence electrons. The van der Waals surface area contributed by atoms with Crippen molar-refractivity contribution in [1.29, 1.82) is 0 Å². The van der Waals surface area contributed by atoms with E-state index >= 15 is 0 Å². The number of aliphatic imine (C=N–C) groups is 1. The van der Waals surface area contributed by atoms with Crippen molar-refractivity contribution in [3.05, 3.63) is 29.3 Å². The van der Waals surface area contributed by atoms with E-state index < -0.39 is 11.9 Å². The number of likely N-dealkylation sites (N-methyl/N-ethyl adjacent to an activating group) is 1. The van der Waals surface area contributed by atoms with Crippen molar-refractivity contribution >= 4 is 40.9 Å². The van der Waals surface area contributed by atoms with Gasteiger partial charge >= 0.3 is 5.97 Å². The first-order chi connectivity index (χ1) is 15.4. The van der Waals surface area contributed by atoms with Crippen LogP contribution in [0.5, 0.6) is 0 Å². The monoisotopic (exact) mass is 460 g/mol. The molecular formula is C23H32N4O6. The highest BCUT2D eigenvalue weighted by molar-refractivity contribution is 6.01. The highest BCUT2D eigenvalue weighted by atomic mass is 16.4. The van der Waals surface area contributed by atoms with Gasteiger partial charge in [-0.2, -0.15) is 0 Å². The van der Waals surface area contributed by atoms with Crippen molar-refractivity contribution in [2.24, 2.45) is 16.6 Å². The van der Waals surface area contributed by atoms with E-state index in [9.17, 15) is 24.0 Å². The van der Waals surface area contributed by atoms with Gasteiger partial charge in [0.25, 0.3) is 5.91 Å². The predicted octanol–water partition coefficient (Wildman–Crippen LogP) is 1.94. The van der Waals surface area contributed by atoms with Gasteiger partial charge in [-0.3, -0.25) is 24.0 Å². The number of carboxylic acid groups (broad SMARTS) is 1. The zero-order valence-corrected chi connectivity index (χ0v) is 19.5. The van der Waals surface area contributed by atoms with E-state index in [4.69, 9.17) is 10.8 Å². The Morgan fingerprint density at radius 3 is 2.27 bits per heavy atom. The second-order valence-electron chi connectivity index (χ2n) is 8.05. The molecule has 33 heavy (non-hydrogen) atoms. The topological polar surface area (TPSA) is 159 Å². The van der Waals surface area contributed by atoms with E-state index in [0.717, 1.165) is 0 Å². The number of benzene rings is 1. The van der Waals surface area contributed by atoms with Crippen LogP contribution in [0.1, 0.15) is 67.2 Å². The lowest BCUT2D eigenvalue weighted by atomic mass is 10.1. The lowest BCUT2D eigenvalue weighted by Crippen LogP contribution is -2.33. The smallest absolute Gasteiger partial charge is 0.305 e. The fourth-order valence-corrected chi connectivity index (χ4v) is 2.73. The first-order valence-electron chi connectivity index (χ1n) is 10.7. The van der Waals surface area contributed by atoms with E-state index in [-0.39, 0.29) is 66.3 Å². The largest absolute Gasteiger partial charge is 0.481 e. The summed E-state index contributed by atoms with van der Waals surface area (Å²) in [5.41, 5.74) is 6.70. The number of amidine groups is 1. The maximum atomic E-state index is 12.3. The summed E-state index contributed by atoms with van der Waals surface area (Å²) in [5, 5.41) is 11.2. The number of nitrogens with two attached hydrogens (primary N) is 1. The lowest BCUT2D eigenvalue weighted by Gasteiger charge is -2.17. The Labute approximate surface area is 193 Å². The molecule has 2 amide bonds.